The highest BCUT2D eigenvalue weighted by Gasteiger charge is 2.61. The Morgan fingerprint density at radius 1 is 1.11 bits per heavy atom. The van der Waals surface area contributed by atoms with Gasteiger partial charge >= 0.3 is 0 Å². The van der Waals surface area contributed by atoms with Gasteiger partial charge in [-0.1, -0.05) is 41.4 Å². The maximum atomic E-state index is 14.2. The van der Waals surface area contributed by atoms with E-state index in [-0.39, 0.29) is 31.4 Å². The van der Waals surface area contributed by atoms with Gasteiger partial charge in [-0.25, -0.2) is 0 Å². The summed E-state index contributed by atoms with van der Waals surface area (Å²) in [6.45, 7) is -0.211. The van der Waals surface area contributed by atoms with Crippen LogP contribution in [-0.4, -0.2) is 37.2 Å². The van der Waals surface area contributed by atoms with Crippen molar-refractivity contribution in [2.75, 3.05) is 25.6 Å². The van der Waals surface area contributed by atoms with E-state index in [9.17, 15) is 14.7 Å². The molecule has 0 aromatic heterocycles. The number of piperidine rings is 1. The molecule has 1 saturated heterocycles. The molecule has 3 N–H and O–H groups in total. The Morgan fingerprint density at radius 3 is 2.62 bits per heavy atom. The number of ether oxygens (including phenoxy) is 2. The van der Waals surface area contributed by atoms with Crippen molar-refractivity contribution in [2.24, 2.45) is 0 Å². The molecule has 0 saturated carbocycles. The number of benzene rings is 3. The number of hydrogen-bond acceptors (Lipinski definition) is 5. The van der Waals surface area contributed by atoms with E-state index in [2.05, 4.69) is 33.2 Å². The molecule has 5 rings (SSSR count). The van der Waals surface area contributed by atoms with Crippen LogP contribution in [0.15, 0.2) is 54.6 Å². The minimum absolute atomic E-state index is 0.00767. The number of fused-ring (bicyclic) bond motifs is 2. The highest BCUT2D eigenvalue weighted by atomic mass is 127. The number of anilines is 1. The molecule has 1 fully saturated rings. The van der Waals surface area contributed by atoms with Crippen molar-refractivity contribution in [3.05, 3.63) is 84.9 Å². The fourth-order valence-electron chi connectivity index (χ4n) is 5.53. The summed E-state index contributed by atoms with van der Waals surface area (Å²) in [6.07, 6.45) is 0.0697. The lowest BCUT2D eigenvalue weighted by Crippen LogP contribution is -2.57. The van der Waals surface area contributed by atoms with Crippen LogP contribution in [0.4, 0.5) is 5.69 Å². The molecule has 192 valence electrons. The van der Waals surface area contributed by atoms with Crippen LogP contribution in [0.3, 0.4) is 0 Å². The second kappa shape index (κ2) is 10.3. The molecule has 37 heavy (non-hydrogen) atoms. The first-order chi connectivity index (χ1) is 17.8. The van der Waals surface area contributed by atoms with Crippen LogP contribution in [0.2, 0.25) is 10.0 Å². The first-order valence-electron chi connectivity index (χ1n) is 11.6. The molecule has 10 heteroatoms. The van der Waals surface area contributed by atoms with Gasteiger partial charge in [0.2, 0.25) is 11.8 Å². The van der Waals surface area contributed by atoms with E-state index in [4.69, 9.17) is 32.7 Å². The van der Waals surface area contributed by atoms with Gasteiger partial charge in [0, 0.05) is 37.2 Å². The summed E-state index contributed by atoms with van der Waals surface area (Å²) in [4.78, 5) is 27.5. The molecule has 1 spiro atoms. The highest BCUT2D eigenvalue weighted by molar-refractivity contribution is 14.1. The van der Waals surface area contributed by atoms with Crippen LogP contribution in [0.25, 0.3) is 0 Å². The predicted molar refractivity (Wildman–Crippen MR) is 150 cm³/mol. The Bertz CT molecular complexity index is 1400. The van der Waals surface area contributed by atoms with Gasteiger partial charge in [-0.2, -0.15) is 0 Å². The van der Waals surface area contributed by atoms with E-state index in [0.29, 0.717) is 38.4 Å². The van der Waals surface area contributed by atoms with Crippen LogP contribution >= 0.6 is 45.8 Å². The molecule has 2 amide bonds. The third kappa shape index (κ3) is 4.43. The maximum Gasteiger partial charge on any atom is 0.238 e. The Hall–Kier alpha value is -2.53. The third-order valence-electron chi connectivity index (χ3n) is 6.92. The molecule has 2 heterocycles. The summed E-state index contributed by atoms with van der Waals surface area (Å²) < 4.78 is 12.4. The zero-order chi connectivity index (χ0) is 26.3. The van der Waals surface area contributed by atoms with Crippen LogP contribution in [0.1, 0.15) is 35.1 Å². The van der Waals surface area contributed by atoms with Crippen molar-refractivity contribution in [2.45, 2.75) is 23.8 Å². The van der Waals surface area contributed by atoms with Crippen molar-refractivity contribution in [1.29, 1.82) is 0 Å². The van der Waals surface area contributed by atoms with Crippen molar-refractivity contribution in [1.82, 2.24) is 5.32 Å². The number of hydrogen-bond donors (Lipinski definition) is 3. The van der Waals surface area contributed by atoms with Crippen LogP contribution < -0.4 is 20.1 Å². The average molecular weight is 653 g/mol. The van der Waals surface area contributed by atoms with Gasteiger partial charge in [-0.15, -0.1) is 0 Å². The molecule has 3 unspecified atom stereocenters. The standard InChI is InChI=1S/C27H23Cl2IN2O5/c1-36-22-12-17(30)11-18(24(22)37-8-7-33)25-27(19-6-5-16(29)10-21(19)31-26(27)35)20(13-23(34)32-25)14-3-2-4-15(28)9-14/h2-6,9-12,20,25,33H,7-8,13H2,1H3,(H,31,35)(H,32,34). The van der Waals surface area contributed by atoms with Crippen LogP contribution in [-0.2, 0) is 15.0 Å². The zero-order valence-corrected chi connectivity index (χ0v) is 23.4. The van der Waals surface area contributed by atoms with Crippen LogP contribution in [0, 0.1) is 3.57 Å². The van der Waals surface area contributed by atoms with E-state index in [1.807, 2.05) is 24.3 Å². The largest absolute Gasteiger partial charge is 0.493 e. The van der Waals surface area contributed by atoms with E-state index in [1.54, 1.807) is 30.3 Å². The summed E-state index contributed by atoms with van der Waals surface area (Å²) in [5.74, 6) is -0.266. The Balaban J connectivity index is 1.83. The van der Waals surface area contributed by atoms with Gasteiger partial charge in [-0.05, 0) is 70.1 Å². The van der Waals surface area contributed by atoms with E-state index in [1.165, 1.54) is 7.11 Å². The lowest BCUT2D eigenvalue weighted by Gasteiger charge is -2.46. The fourth-order valence-corrected chi connectivity index (χ4v) is 6.52. The minimum Gasteiger partial charge on any atom is -0.493 e. The molecule has 0 radical (unpaired) electrons. The quantitative estimate of drug-likeness (QED) is 0.318. The van der Waals surface area contributed by atoms with Gasteiger partial charge in [0.05, 0.1) is 19.8 Å². The first-order valence-corrected chi connectivity index (χ1v) is 13.4. The van der Waals surface area contributed by atoms with E-state index in [0.717, 1.165) is 9.13 Å². The molecule has 2 aliphatic rings. The highest BCUT2D eigenvalue weighted by Crippen LogP contribution is 2.59. The van der Waals surface area contributed by atoms with Gasteiger partial charge in [0.15, 0.2) is 11.5 Å². The molecule has 0 bridgehead atoms. The number of amides is 2. The zero-order valence-electron chi connectivity index (χ0n) is 19.7. The SMILES string of the molecule is COc1cc(I)cc(C2NC(=O)CC(c3cccc(Cl)c3)C23C(=O)Nc2cc(Cl)ccc23)c1OCCO. The summed E-state index contributed by atoms with van der Waals surface area (Å²) >= 11 is 14.8. The topological polar surface area (TPSA) is 96.9 Å². The molecule has 2 aliphatic heterocycles. The van der Waals surface area contributed by atoms with Gasteiger partial charge in [0.25, 0.3) is 0 Å². The van der Waals surface area contributed by atoms with Crippen molar-refractivity contribution in [3.63, 3.8) is 0 Å². The number of carbonyl (C=O) groups excluding carboxylic acids is 2. The van der Waals surface area contributed by atoms with Crippen molar-refractivity contribution >= 4 is 63.3 Å². The summed E-state index contributed by atoms with van der Waals surface area (Å²) in [7, 11) is 1.52. The number of rotatable bonds is 6. The lowest BCUT2D eigenvalue weighted by atomic mass is 9.59. The summed E-state index contributed by atoms with van der Waals surface area (Å²) in [5.41, 5.74) is 1.37. The minimum atomic E-state index is -1.26. The van der Waals surface area contributed by atoms with Gasteiger partial charge in [0.1, 0.15) is 12.0 Å². The number of aliphatic hydroxyl groups is 1. The first kappa shape index (κ1) is 26.1. The number of aliphatic hydroxyl groups excluding tert-OH is 1. The molecule has 7 nitrogen and oxygen atoms in total. The smallest absolute Gasteiger partial charge is 0.238 e. The molecule has 3 aromatic carbocycles. The monoisotopic (exact) mass is 652 g/mol. The van der Waals surface area contributed by atoms with Crippen molar-refractivity contribution in [3.8, 4) is 11.5 Å². The fraction of sp³-hybridized carbons (Fsp3) is 0.259. The van der Waals surface area contributed by atoms with Gasteiger partial charge in [-0.3, -0.25) is 9.59 Å². The number of nitrogens with one attached hydrogen (secondary N) is 2. The summed E-state index contributed by atoms with van der Waals surface area (Å²) in [5, 5.41) is 16.6. The lowest BCUT2D eigenvalue weighted by molar-refractivity contribution is -0.131. The van der Waals surface area contributed by atoms with Crippen LogP contribution in [0.5, 0.6) is 11.5 Å². The molecule has 3 atom stereocenters. The third-order valence-corrected chi connectivity index (χ3v) is 8.01. The second-order valence-electron chi connectivity index (χ2n) is 8.92. The second-order valence-corrected chi connectivity index (χ2v) is 11.0. The molecule has 3 aromatic rings. The summed E-state index contributed by atoms with van der Waals surface area (Å²) in [6, 6.07) is 15.4. The Morgan fingerprint density at radius 2 is 1.89 bits per heavy atom. The number of carbonyl (C=O) groups is 2. The van der Waals surface area contributed by atoms with E-state index >= 15 is 0 Å². The number of methoxy groups -OCH3 is 1. The predicted octanol–water partition coefficient (Wildman–Crippen LogP) is 5.21. The molecule has 0 aliphatic carbocycles. The average Bonchev–Trinajstić information content (AvgIpc) is 3.14. The molecular weight excluding hydrogens is 630 g/mol. The maximum absolute atomic E-state index is 14.2. The Kier molecular flexibility index (Phi) is 7.28. The molecular formula is C27H23Cl2IN2O5. The number of halogens is 3. The van der Waals surface area contributed by atoms with Gasteiger partial charge < -0.3 is 25.2 Å². The Labute approximate surface area is 237 Å². The van der Waals surface area contributed by atoms with E-state index < -0.39 is 17.4 Å². The van der Waals surface area contributed by atoms with Crippen molar-refractivity contribution < 1.29 is 24.2 Å². The normalized spacial score (nSPS) is 22.4.